The van der Waals surface area contributed by atoms with Gasteiger partial charge in [0, 0.05) is 12.6 Å². The SMILES string of the molecule is CCC(NCC1CCCN1C)C(=O)O. The fraction of sp³-hybridized carbons (Fsp3) is 0.900. The van der Waals surface area contributed by atoms with Crippen molar-refractivity contribution in [3.63, 3.8) is 0 Å². The summed E-state index contributed by atoms with van der Waals surface area (Å²) in [7, 11) is 2.10. The van der Waals surface area contributed by atoms with Crippen LogP contribution in [0.5, 0.6) is 0 Å². The monoisotopic (exact) mass is 200 g/mol. The van der Waals surface area contributed by atoms with Gasteiger partial charge in [-0.2, -0.15) is 0 Å². The van der Waals surface area contributed by atoms with E-state index in [9.17, 15) is 4.79 Å². The molecule has 1 fully saturated rings. The lowest BCUT2D eigenvalue weighted by atomic mass is 10.2. The van der Waals surface area contributed by atoms with Gasteiger partial charge in [0.1, 0.15) is 6.04 Å². The Kier molecular flexibility index (Phi) is 4.35. The minimum Gasteiger partial charge on any atom is -0.480 e. The van der Waals surface area contributed by atoms with Crippen LogP contribution in [0.1, 0.15) is 26.2 Å². The fourth-order valence-corrected chi connectivity index (χ4v) is 1.92. The molecular formula is C10H20N2O2. The van der Waals surface area contributed by atoms with Crippen LogP contribution in [-0.2, 0) is 4.79 Å². The van der Waals surface area contributed by atoms with Crippen LogP contribution < -0.4 is 5.32 Å². The Hall–Kier alpha value is -0.610. The molecule has 1 heterocycles. The summed E-state index contributed by atoms with van der Waals surface area (Å²) in [5.74, 6) is -0.742. The number of nitrogens with zero attached hydrogens (tertiary/aromatic N) is 1. The van der Waals surface area contributed by atoms with Crippen LogP contribution in [0, 0.1) is 0 Å². The summed E-state index contributed by atoms with van der Waals surface area (Å²) >= 11 is 0. The van der Waals surface area contributed by atoms with Crippen molar-refractivity contribution < 1.29 is 9.90 Å². The highest BCUT2D eigenvalue weighted by atomic mass is 16.4. The standard InChI is InChI=1S/C10H20N2O2/c1-3-9(10(13)14)11-7-8-5-4-6-12(8)2/h8-9,11H,3-7H2,1-2H3,(H,13,14). The maximum atomic E-state index is 10.7. The Labute approximate surface area is 85.3 Å². The number of rotatable bonds is 5. The molecule has 0 spiro atoms. The van der Waals surface area contributed by atoms with Gasteiger partial charge in [0.2, 0.25) is 0 Å². The number of likely N-dealkylation sites (tertiary alicyclic amines) is 1. The van der Waals surface area contributed by atoms with Crippen molar-refractivity contribution in [1.82, 2.24) is 10.2 Å². The molecule has 4 nitrogen and oxygen atoms in total. The second-order valence-corrected chi connectivity index (χ2v) is 3.98. The highest BCUT2D eigenvalue weighted by Crippen LogP contribution is 2.13. The van der Waals surface area contributed by atoms with Gasteiger partial charge in [-0.05, 0) is 32.9 Å². The van der Waals surface area contributed by atoms with E-state index in [0.717, 1.165) is 13.1 Å². The van der Waals surface area contributed by atoms with Crippen molar-refractivity contribution in [2.75, 3.05) is 20.1 Å². The van der Waals surface area contributed by atoms with E-state index in [4.69, 9.17) is 5.11 Å². The second-order valence-electron chi connectivity index (χ2n) is 3.98. The molecule has 0 bridgehead atoms. The third-order valence-corrected chi connectivity index (χ3v) is 2.98. The smallest absolute Gasteiger partial charge is 0.320 e. The first kappa shape index (κ1) is 11.5. The average Bonchev–Trinajstić information content (AvgIpc) is 2.52. The summed E-state index contributed by atoms with van der Waals surface area (Å²) in [6.07, 6.45) is 3.05. The van der Waals surface area contributed by atoms with E-state index in [1.165, 1.54) is 12.8 Å². The van der Waals surface area contributed by atoms with Crippen LogP contribution in [0.25, 0.3) is 0 Å². The van der Waals surface area contributed by atoms with Gasteiger partial charge in [-0.1, -0.05) is 6.92 Å². The Bertz CT molecular complexity index is 197. The van der Waals surface area contributed by atoms with E-state index >= 15 is 0 Å². The zero-order valence-corrected chi connectivity index (χ0v) is 8.99. The normalized spacial score (nSPS) is 25.1. The summed E-state index contributed by atoms with van der Waals surface area (Å²) in [6.45, 7) is 3.82. The van der Waals surface area contributed by atoms with Crippen LogP contribution in [0.4, 0.5) is 0 Å². The number of carboxylic acids is 1. The van der Waals surface area contributed by atoms with Gasteiger partial charge >= 0.3 is 5.97 Å². The predicted molar refractivity (Wildman–Crippen MR) is 55.4 cm³/mol. The Morgan fingerprint density at radius 3 is 2.86 bits per heavy atom. The average molecular weight is 200 g/mol. The maximum absolute atomic E-state index is 10.7. The van der Waals surface area contributed by atoms with E-state index in [2.05, 4.69) is 17.3 Å². The number of aliphatic carboxylic acids is 1. The van der Waals surface area contributed by atoms with Crippen molar-refractivity contribution in [2.45, 2.75) is 38.3 Å². The lowest BCUT2D eigenvalue weighted by Gasteiger charge is -2.21. The Balaban J connectivity index is 2.27. The van der Waals surface area contributed by atoms with E-state index in [1.807, 2.05) is 6.92 Å². The Morgan fingerprint density at radius 2 is 2.43 bits per heavy atom. The lowest BCUT2D eigenvalue weighted by molar-refractivity contribution is -0.139. The molecule has 2 unspecified atom stereocenters. The number of hydrogen-bond acceptors (Lipinski definition) is 3. The number of hydrogen-bond donors (Lipinski definition) is 2. The van der Waals surface area contributed by atoms with Gasteiger partial charge in [0.25, 0.3) is 0 Å². The zero-order valence-electron chi connectivity index (χ0n) is 8.99. The first-order chi connectivity index (χ1) is 6.65. The third-order valence-electron chi connectivity index (χ3n) is 2.98. The van der Waals surface area contributed by atoms with Crippen molar-refractivity contribution in [3.8, 4) is 0 Å². The van der Waals surface area contributed by atoms with E-state index in [0.29, 0.717) is 12.5 Å². The Morgan fingerprint density at radius 1 is 1.71 bits per heavy atom. The van der Waals surface area contributed by atoms with Gasteiger partial charge in [-0.15, -0.1) is 0 Å². The first-order valence-corrected chi connectivity index (χ1v) is 5.31. The first-order valence-electron chi connectivity index (χ1n) is 5.31. The molecule has 1 aliphatic rings. The molecule has 2 N–H and O–H groups in total. The molecule has 1 rings (SSSR count). The minimum atomic E-state index is -0.742. The molecule has 0 radical (unpaired) electrons. The lowest BCUT2D eigenvalue weighted by Crippen LogP contribution is -2.43. The maximum Gasteiger partial charge on any atom is 0.320 e. The number of carboxylic acid groups (broad SMARTS) is 1. The molecule has 0 amide bonds. The molecule has 82 valence electrons. The largest absolute Gasteiger partial charge is 0.480 e. The summed E-state index contributed by atoms with van der Waals surface area (Å²) in [4.78, 5) is 13.0. The number of nitrogens with one attached hydrogen (secondary N) is 1. The van der Waals surface area contributed by atoms with Gasteiger partial charge < -0.3 is 15.3 Å². The number of carbonyl (C=O) groups is 1. The van der Waals surface area contributed by atoms with Crippen LogP contribution in [0.2, 0.25) is 0 Å². The quantitative estimate of drug-likeness (QED) is 0.680. The molecule has 0 saturated carbocycles. The third kappa shape index (κ3) is 2.96. The van der Waals surface area contributed by atoms with E-state index in [1.54, 1.807) is 0 Å². The van der Waals surface area contributed by atoms with Crippen LogP contribution in [-0.4, -0.2) is 48.2 Å². The van der Waals surface area contributed by atoms with Crippen LogP contribution in [0.3, 0.4) is 0 Å². The van der Waals surface area contributed by atoms with Crippen LogP contribution in [0.15, 0.2) is 0 Å². The predicted octanol–water partition coefficient (Wildman–Crippen LogP) is 0.533. The summed E-state index contributed by atoms with van der Waals surface area (Å²) in [5, 5.41) is 11.9. The molecule has 0 aromatic carbocycles. The molecule has 0 aliphatic carbocycles. The van der Waals surface area contributed by atoms with Crippen molar-refractivity contribution in [3.05, 3.63) is 0 Å². The van der Waals surface area contributed by atoms with Gasteiger partial charge in [0.15, 0.2) is 0 Å². The topological polar surface area (TPSA) is 52.6 Å². The summed E-state index contributed by atoms with van der Waals surface area (Å²) in [6, 6.07) is 0.132. The molecule has 1 saturated heterocycles. The van der Waals surface area contributed by atoms with Gasteiger partial charge in [-0.3, -0.25) is 4.79 Å². The molecular weight excluding hydrogens is 180 g/mol. The van der Waals surface area contributed by atoms with Gasteiger partial charge in [-0.25, -0.2) is 0 Å². The zero-order chi connectivity index (χ0) is 10.6. The summed E-state index contributed by atoms with van der Waals surface area (Å²) < 4.78 is 0. The fourth-order valence-electron chi connectivity index (χ4n) is 1.92. The molecule has 4 heteroatoms. The van der Waals surface area contributed by atoms with Crippen molar-refractivity contribution in [2.24, 2.45) is 0 Å². The highest BCUT2D eigenvalue weighted by molar-refractivity contribution is 5.73. The molecule has 0 aromatic rings. The van der Waals surface area contributed by atoms with E-state index in [-0.39, 0.29) is 6.04 Å². The highest BCUT2D eigenvalue weighted by Gasteiger charge is 2.22. The number of likely N-dealkylation sites (N-methyl/N-ethyl adjacent to an activating group) is 1. The van der Waals surface area contributed by atoms with Gasteiger partial charge in [0.05, 0.1) is 0 Å². The van der Waals surface area contributed by atoms with Crippen molar-refractivity contribution in [1.29, 1.82) is 0 Å². The molecule has 0 aromatic heterocycles. The van der Waals surface area contributed by atoms with Crippen molar-refractivity contribution >= 4 is 5.97 Å². The van der Waals surface area contributed by atoms with E-state index < -0.39 is 5.97 Å². The second kappa shape index (κ2) is 5.32. The van der Waals surface area contributed by atoms with Crippen LogP contribution >= 0.6 is 0 Å². The minimum absolute atomic E-state index is 0.385. The molecule has 1 aliphatic heterocycles. The molecule has 2 atom stereocenters. The molecule has 14 heavy (non-hydrogen) atoms. The summed E-state index contributed by atoms with van der Waals surface area (Å²) in [5.41, 5.74) is 0.